The maximum Gasteiger partial charge on any atom is 0.295 e. The molecule has 3 aromatic carbocycles. The van der Waals surface area contributed by atoms with Crippen molar-refractivity contribution < 1.29 is 19.4 Å². The maximum absolute atomic E-state index is 13.0. The topological polar surface area (TPSA) is 66.8 Å². The molecule has 1 aliphatic heterocycles. The third kappa shape index (κ3) is 3.37. The van der Waals surface area contributed by atoms with Gasteiger partial charge in [-0.3, -0.25) is 9.59 Å². The summed E-state index contributed by atoms with van der Waals surface area (Å²) in [5, 5.41) is 13.1. The van der Waals surface area contributed by atoms with E-state index < -0.39 is 17.7 Å². The van der Waals surface area contributed by atoms with Crippen LogP contribution >= 0.6 is 0 Å². The fourth-order valence-electron chi connectivity index (χ4n) is 4.06. The normalized spacial score (nSPS) is 18.3. The zero-order valence-electron chi connectivity index (χ0n) is 17.0. The van der Waals surface area contributed by atoms with Crippen molar-refractivity contribution in [2.75, 3.05) is 20.3 Å². The zero-order chi connectivity index (χ0) is 21.3. The molecule has 5 nitrogen and oxygen atoms in total. The molecule has 1 unspecified atom stereocenters. The summed E-state index contributed by atoms with van der Waals surface area (Å²) in [6.45, 7) is 2.51. The molecular weight excluding hydrogens is 378 g/mol. The summed E-state index contributed by atoms with van der Waals surface area (Å²) in [5.41, 5.74) is 2.44. The third-order valence-corrected chi connectivity index (χ3v) is 5.48. The first-order chi connectivity index (χ1) is 14.5. The largest absolute Gasteiger partial charge is 0.507 e. The first kappa shape index (κ1) is 19.9. The van der Waals surface area contributed by atoms with Crippen molar-refractivity contribution >= 4 is 28.2 Å². The number of Topliss-reactive ketones (excluding diaryl/α,β-unsaturated/α-hetero) is 1. The number of aliphatic hydroxyl groups excluding tert-OH is 1. The minimum Gasteiger partial charge on any atom is -0.507 e. The molecule has 1 heterocycles. The van der Waals surface area contributed by atoms with Crippen molar-refractivity contribution in [3.8, 4) is 0 Å². The standard InChI is InChI=1S/C25H23NO4/c1-16-7-5-10-18(15-16)22-21(24(28)25(29)26(22)13-14-30-2)23(27)20-12-6-9-17-8-3-4-11-19(17)20/h3-12,15,22,27H,13-14H2,1-2H3/b23-21-. The third-order valence-electron chi connectivity index (χ3n) is 5.48. The number of ether oxygens (including phenoxy) is 1. The maximum atomic E-state index is 13.0. The number of carbonyl (C=O) groups excluding carboxylic acids is 2. The number of methoxy groups -OCH3 is 1. The molecule has 0 spiro atoms. The Bertz CT molecular complexity index is 1160. The summed E-state index contributed by atoms with van der Waals surface area (Å²) in [6.07, 6.45) is 0. The van der Waals surface area contributed by atoms with E-state index in [0.717, 1.165) is 21.9 Å². The average molecular weight is 401 g/mol. The minimum atomic E-state index is -0.678. The lowest BCUT2D eigenvalue weighted by molar-refractivity contribution is -0.140. The molecule has 0 aromatic heterocycles. The van der Waals surface area contributed by atoms with Gasteiger partial charge in [-0.25, -0.2) is 0 Å². The highest BCUT2D eigenvalue weighted by Crippen LogP contribution is 2.40. The van der Waals surface area contributed by atoms with Crippen molar-refractivity contribution in [3.05, 3.63) is 89.0 Å². The zero-order valence-corrected chi connectivity index (χ0v) is 17.0. The number of hydrogen-bond acceptors (Lipinski definition) is 4. The summed E-state index contributed by atoms with van der Waals surface area (Å²) < 4.78 is 5.15. The number of likely N-dealkylation sites (tertiary alicyclic amines) is 1. The Morgan fingerprint density at radius 3 is 2.53 bits per heavy atom. The van der Waals surface area contributed by atoms with Gasteiger partial charge in [-0.1, -0.05) is 72.3 Å². The van der Waals surface area contributed by atoms with E-state index in [0.29, 0.717) is 12.2 Å². The van der Waals surface area contributed by atoms with Crippen LogP contribution in [0.15, 0.2) is 72.3 Å². The molecule has 3 aromatic rings. The molecule has 4 rings (SSSR count). The van der Waals surface area contributed by atoms with Crippen LogP contribution in [0.5, 0.6) is 0 Å². The van der Waals surface area contributed by atoms with Crippen molar-refractivity contribution in [2.24, 2.45) is 0 Å². The Kier molecular flexibility index (Phi) is 5.38. The van der Waals surface area contributed by atoms with Gasteiger partial charge in [-0.05, 0) is 23.3 Å². The number of carbonyl (C=O) groups is 2. The number of nitrogens with zero attached hydrogens (tertiary/aromatic N) is 1. The summed E-state index contributed by atoms with van der Waals surface area (Å²) in [4.78, 5) is 27.4. The van der Waals surface area contributed by atoms with Crippen molar-refractivity contribution in [1.82, 2.24) is 4.90 Å². The van der Waals surface area contributed by atoms with Crippen molar-refractivity contribution in [3.63, 3.8) is 0 Å². The summed E-state index contributed by atoms with van der Waals surface area (Å²) in [7, 11) is 1.55. The summed E-state index contributed by atoms with van der Waals surface area (Å²) in [5.74, 6) is -1.46. The van der Waals surface area contributed by atoms with Crippen LogP contribution in [-0.2, 0) is 14.3 Å². The number of benzene rings is 3. The van der Waals surface area contributed by atoms with Gasteiger partial charge in [0.2, 0.25) is 0 Å². The molecule has 1 N–H and O–H groups in total. The van der Waals surface area contributed by atoms with Crippen molar-refractivity contribution in [2.45, 2.75) is 13.0 Å². The second-order valence-electron chi connectivity index (χ2n) is 7.43. The average Bonchev–Trinajstić information content (AvgIpc) is 3.01. The predicted octanol–water partition coefficient (Wildman–Crippen LogP) is 4.22. The molecule has 1 aliphatic rings. The predicted molar refractivity (Wildman–Crippen MR) is 116 cm³/mol. The highest BCUT2D eigenvalue weighted by Gasteiger charge is 2.46. The van der Waals surface area contributed by atoms with Crippen LogP contribution in [0.25, 0.3) is 16.5 Å². The van der Waals surface area contributed by atoms with Gasteiger partial charge in [0, 0.05) is 19.2 Å². The van der Waals surface area contributed by atoms with Crippen LogP contribution in [0, 0.1) is 6.92 Å². The molecule has 0 bridgehead atoms. The molecule has 152 valence electrons. The summed E-state index contributed by atoms with van der Waals surface area (Å²) in [6, 6.07) is 20.2. The van der Waals surface area contributed by atoms with Gasteiger partial charge in [0.05, 0.1) is 18.2 Å². The molecule has 0 radical (unpaired) electrons. The Morgan fingerprint density at radius 2 is 1.77 bits per heavy atom. The second kappa shape index (κ2) is 8.13. The van der Waals surface area contributed by atoms with Gasteiger partial charge < -0.3 is 14.7 Å². The van der Waals surface area contributed by atoms with E-state index in [1.54, 1.807) is 13.2 Å². The van der Waals surface area contributed by atoms with E-state index in [2.05, 4.69) is 0 Å². The number of fused-ring (bicyclic) bond motifs is 1. The highest BCUT2D eigenvalue weighted by atomic mass is 16.5. The van der Waals surface area contributed by atoms with E-state index in [1.807, 2.05) is 67.6 Å². The Hall–Kier alpha value is -3.44. The molecule has 1 saturated heterocycles. The van der Waals surface area contributed by atoms with Crippen LogP contribution in [0.4, 0.5) is 0 Å². The molecule has 1 atom stereocenters. The Balaban J connectivity index is 1.94. The smallest absolute Gasteiger partial charge is 0.295 e. The molecule has 1 fully saturated rings. The fourth-order valence-corrected chi connectivity index (χ4v) is 4.06. The quantitative estimate of drug-likeness (QED) is 0.395. The van der Waals surface area contributed by atoms with Crippen LogP contribution in [0.2, 0.25) is 0 Å². The number of rotatable bonds is 5. The number of amides is 1. The van der Waals surface area contributed by atoms with E-state index in [-0.39, 0.29) is 17.9 Å². The Morgan fingerprint density at radius 1 is 1.03 bits per heavy atom. The van der Waals surface area contributed by atoms with Gasteiger partial charge in [0.25, 0.3) is 11.7 Å². The molecule has 30 heavy (non-hydrogen) atoms. The molecule has 5 heteroatoms. The molecule has 0 aliphatic carbocycles. The van der Waals surface area contributed by atoms with Gasteiger partial charge in [-0.15, -0.1) is 0 Å². The van der Waals surface area contributed by atoms with E-state index >= 15 is 0 Å². The number of hydrogen-bond donors (Lipinski definition) is 1. The first-order valence-electron chi connectivity index (χ1n) is 9.85. The van der Waals surface area contributed by atoms with Crippen LogP contribution in [0.3, 0.4) is 0 Å². The Labute approximate surface area is 175 Å². The fraction of sp³-hybridized carbons (Fsp3) is 0.200. The van der Waals surface area contributed by atoms with Gasteiger partial charge >= 0.3 is 0 Å². The highest BCUT2D eigenvalue weighted by molar-refractivity contribution is 6.46. The lowest BCUT2D eigenvalue weighted by atomic mass is 9.93. The lowest BCUT2D eigenvalue weighted by Gasteiger charge is -2.25. The first-order valence-corrected chi connectivity index (χ1v) is 9.85. The van der Waals surface area contributed by atoms with Crippen LogP contribution < -0.4 is 0 Å². The van der Waals surface area contributed by atoms with E-state index in [1.165, 1.54) is 4.90 Å². The van der Waals surface area contributed by atoms with E-state index in [4.69, 9.17) is 4.74 Å². The minimum absolute atomic E-state index is 0.109. The van der Waals surface area contributed by atoms with E-state index in [9.17, 15) is 14.7 Å². The van der Waals surface area contributed by atoms with Gasteiger partial charge in [-0.2, -0.15) is 0 Å². The van der Waals surface area contributed by atoms with Gasteiger partial charge in [0.1, 0.15) is 5.76 Å². The second-order valence-corrected chi connectivity index (χ2v) is 7.43. The molecular formula is C25H23NO4. The number of ketones is 1. The lowest BCUT2D eigenvalue weighted by Crippen LogP contribution is -2.32. The molecule has 1 amide bonds. The van der Waals surface area contributed by atoms with Crippen LogP contribution in [-0.4, -0.2) is 42.0 Å². The van der Waals surface area contributed by atoms with Crippen LogP contribution in [0.1, 0.15) is 22.7 Å². The summed E-state index contributed by atoms with van der Waals surface area (Å²) >= 11 is 0. The molecule has 0 saturated carbocycles. The number of aliphatic hydroxyl groups is 1. The number of aryl methyl sites for hydroxylation is 1. The SMILES string of the molecule is COCCN1C(=O)C(=O)/C(=C(\O)c2cccc3ccccc23)C1c1cccc(C)c1. The van der Waals surface area contributed by atoms with Crippen molar-refractivity contribution in [1.29, 1.82) is 0 Å². The monoisotopic (exact) mass is 401 g/mol. The van der Waals surface area contributed by atoms with Gasteiger partial charge in [0.15, 0.2) is 0 Å².